The van der Waals surface area contributed by atoms with Crippen LogP contribution >= 0.6 is 0 Å². The molecule has 1 aromatic heterocycles. The van der Waals surface area contributed by atoms with Crippen molar-refractivity contribution < 1.29 is 4.79 Å². The van der Waals surface area contributed by atoms with E-state index in [0.717, 1.165) is 37.2 Å². The fourth-order valence-corrected chi connectivity index (χ4v) is 2.96. The van der Waals surface area contributed by atoms with Crippen molar-refractivity contribution in [3.63, 3.8) is 0 Å². The second kappa shape index (κ2) is 5.76. The van der Waals surface area contributed by atoms with E-state index < -0.39 is 0 Å². The van der Waals surface area contributed by atoms with Gasteiger partial charge in [0.1, 0.15) is 5.82 Å². The second-order valence-corrected chi connectivity index (χ2v) is 5.84. The lowest BCUT2D eigenvalue weighted by molar-refractivity contribution is -0.120. The van der Waals surface area contributed by atoms with Crippen LogP contribution in [0.5, 0.6) is 0 Å². The second-order valence-electron chi connectivity index (χ2n) is 5.84. The Bertz CT molecular complexity index is 428. The summed E-state index contributed by atoms with van der Waals surface area (Å²) in [5.41, 5.74) is 1.08. The minimum Gasteiger partial charge on any atom is -0.311 e. The topological polar surface area (TPSA) is 57.8 Å². The number of carbonyl (C=O) groups is 1. The fourth-order valence-electron chi connectivity index (χ4n) is 2.96. The molecule has 0 atom stereocenters. The van der Waals surface area contributed by atoms with Crippen molar-refractivity contribution in [1.29, 1.82) is 0 Å². The van der Waals surface area contributed by atoms with E-state index in [9.17, 15) is 4.79 Å². The number of amides is 1. The minimum absolute atomic E-state index is 0.164. The van der Waals surface area contributed by atoms with Crippen molar-refractivity contribution in [2.24, 2.45) is 5.92 Å². The van der Waals surface area contributed by atoms with Crippen LogP contribution in [-0.4, -0.2) is 16.1 Å². The van der Waals surface area contributed by atoms with Gasteiger partial charge in [0.2, 0.25) is 5.91 Å². The molecule has 1 amide bonds. The molecule has 4 heteroatoms. The highest BCUT2D eigenvalue weighted by Crippen LogP contribution is 2.35. The smallest absolute Gasteiger partial charge is 0.228 e. The number of hydrogen-bond donors (Lipinski definition) is 2. The maximum absolute atomic E-state index is 12.2. The molecule has 1 heterocycles. The molecule has 0 saturated heterocycles. The Morgan fingerprint density at radius 1 is 1.21 bits per heavy atom. The Morgan fingerprint density at radius 2 is 1.95 bits per heavy atom. The molecule has 19 heavy (non-hydrogen) atoms. The van der Waals surface area contributed by atoms with Gasteiger partial charge in [-0.05, 0) is 32.1 Å². The zero-order chi connectivity index (χ0) is 13.1. The Labute approximate surface area is 114 Å². The lowest BCUT2D eigenvalue weighted by Gasteiger charge is -2.22. The molecule has 1 radical (unpaired) electrons. The van der Waals surface area contributed by atoms with Crippen LogP contribution in [0.15, 0.2) is 6.07 Å². The number of carbonyl (C=O) groups excluding carboxylic acids is 1. The fraction of sp³-hybridized carbons (Fsp3) is 0.667. The van der Waals surface area contributed by atoms with Gasteiger partial charge in [-0.2, -0.15) is 5.10 Å². The van der Waals surface area contributed by atoms with E-state index in [1.54, 1.807) is 0 Å². The van der Waals surface area contributed by atoms with E-state index in [1.807, 2.05) is 6.07 Å². The van der Waals surface area contributed by atoms with Crippen LogP contribution in [0, 0.1) is 12.3 Å². The Balaban J connectivity index is 1.57. The van der Waals surface area contributed by atoms with Gasteiger partial charge in [-0.1, -0.05) is 25.7 Å². The zero-order valence-corrected chi connectivity index (χ0v) is 11.3. The van der Waals surface area contributed by atoms with Crippen molar-refractivity contribution in [2.75, 3.05) is 5.32 Å². The summed E-state index contributed by atoms with van der Waals surface area (Å²) in [6.45, 7) is 0. The highest BCUT2D eigenvalue weighted by Gasteiger charge is 2.24. The summed E-state index contributed by atoms with van der Waals surface area (Å²) in [4.78, 5) is 12.2. The summed E-state index contributed by atoms with van der Waals surface area (Å²) in [5.74, 6) is 1.67. The zero-order valence-electron chi connectivity index (χ0n) is 11.3. The maximum Gasteiger partial charge on any atom is 0.228 e. The molecular weight excluding hydrogens is 238 g/mol. The predicted octanol–water partition coefficient (Wildman–Crippen LogP) is 3.40. The maximum atomic E-state index is 12.2. The van der Waals surface area contributed by atoms with Gasteiger partial charge >= 0.3 is 0 Å². The molecule has 1 aromatic rings. The van der Waals surface area contributed by atoms with Gasteiger partial charge in [0.05, 0.1) is 5.69 Å². The van der Waals surface area contributed by atoms with Gasteiger partial charge < -0.3 is 5.32 Å². The molecule has 0 bridgehead atoms. The molecular formula is C15H22N3O. The number of aromatic amines is 1. The predicted molar refractivity (Wildman–Crippen MR) is 74.7 cm³/mol. The third-order valence-electron chi connectivity index (χ3n) is 4.40. The Kier molecular flexibility index (Phi) is 3.85. The lowest BCUT2D eigenvalue weighted by atomic mass is 9.83. The first-order valence-electron chi connectivity index (χ1n) is 7.51. The van der Waals surface area contributed by atoms with E-state index in [2.05, 4.69) is 21.9 Å². The van der Waals surface area contributed by atoms with Crippen LogP contribution in [0.3, 0.4) is 0 Å². The lowest BCUT2D eigenvalue weighted by Crippen LogP contribution is -2.22. The van der Waals surface area contributed by atoms with Crippen LogP contribution in [-0.2, 0) is 4.79 Å². The number of nitrogens with zero attached hydrogens (tertiary/aromatic N) is 1. The van der Waals surface area contributed by atoms with Crippen molar-refractivity contribution in [3.05, 3.63) is 18.2 Å². The standard InChI is InChI=1S/C15H22N3O/c19-15(12-6-3-1-2-4-7-12)16-14-10-13(17-18-14)11-8-5-9-11/h5,10-12H,1-4,6-9H2,(H2,16,17,18,19). The summed E-state index contributed by atoms with van der Waals surface area (Å²) < 4.78 is 0. The average molecular weight is 260 g/mol. The van der Waals surface area contributed by atoms with Gasteiger partial charge in [0.15, 0.2) is 0 Å². The van der Waals surface area contributed by atoms with Crippen LogP contribution < -0.4 is 5.32 Å². The molecule has 2 saturated carbocycles. The van der Waals surface area contributed by atoms with Gasteiger partial charge in [0.25, 0.3) is 0 Å². The number of hydrogen-bond acceptors (Lipinski definition) is 2. The summed E-state index contributed by atoms with van der Waals surface area (Å²) in [6, 6.07) is 1.99. The first-order valence-corrected chi connectivity index (χ1v) is 7.51. The number of nitrogens with one attached hydrogen (secondary N) is 2. The van der Waals surface area contributed by atoms with Gasteiger partial charge in [0, 0.05) is 17.9 Å². The first kappa shape index (κ1) is 12.7. The molecule has 2 N–H and O–H groups in total. The van der Waals surface area contributed by atoms with Gasteiger partial charge in [-0.15, -0.1) is 0 Å². The van der Waals surface area contributed by atoms with Crippen molar-refractivity contribution in [3.8, 4) is 0 Å². The number of anilines is 1. The van der Waals surface area contributed by atoms with Gasteiger partial charge in [-0.3, -0.25) is 9.89 Å². The van der Waals surface area contributed by atoms with Crippen LogP contribution in [0.2, 0.25) is 0 Å². The van der Waals surface area contributed by atoms with Crippen molar-refractivity contribution in [1.82, 2.24) is 10.2 Å². The molecule has 2 aliphatic rings. The summed E-state index contributed by atoms with van der Waals surface area (Å²) >= 11 is 0. The van der Waals surface area contributed by atoms with Crippen molar-refractivity contribution in [2.45, 2.75) is 57.3 Å². The van der Waals surface area contributed by atoms with Crippen molar-refractivity contribution >= 4 is 11.7 Å². The molecule has 0 unspecified atom stereocenters. The quantitative estimate of drug-likeness (QED) is 0.818. The Hall–Kier alpha value is -1.32. The molecule has 2 fully saturated rings. The number of aromatic nitrogens is 2. The minimum atomic E-state index is 0.164. The molecule has 0 aromatic carbocycles. The van der Waals surface area contributed by atoms with Crippen LogP contribution in [0.1, 0.15) is 63.0 Å². The van der Waals surface area contributed by atoms with E-state index >= 15 is 0 Å². The number of rotatable bonds is 3. The molecule has 4 nitrogen and oxygen atoms in total. The summed E-state index contributed by atoms with van der Waals surface area (Å²) in [5, 5.41) is 10.2. The van der Waals surface area contributed by atoms with Gasteiger partial charge in [-0.25, -0.2) is 0 Å². The monoisotopic (exact) mass is 260 g/mol. The highest BCUT2D eigenvalue weighted by molar-refractivity contribution is 5.91. The average Bonchev–Trinajstić information content (AvgIpc) is 2.64. The van der Waals surface area contributed by atoms with E-state index in [0.29, 0.717) is 5.92 Å². The van der Waals surface area contributed by atoms with E-state index in [4.69, 9.17) is 0 Å². The number of H-pyrrole nitrogens is 1. The molecule has 2 aliphatic carbocycles. The van der Waals surface area contributed by atoms with Crippen LogP contribution in [0.25, 0.3) is 0 Å². The highest BCUT2D eigenvalue weighted by atomic mass is 16.1. The van der Waals surface area contributed by atoms with E-state index in [1.165, 1.54) is 25.7 Å². The van der Waals surface area contributed by atoms with Crippen LogP contribution in [0.4, 0.5) is 5.82 Å². The van der Waals surface area contributed by atoms with E-state index in [-0.39, 0.29) is 11.8 Å². The Morgan fingerprint density at radius 3 is 2.58 bits per heavy atom. The molecule has 103 valence electrons. The molecule has 3 rings (SSSR count). The third kappa shape index (κ3) is 2.99. The first-order chi connectivity index (χ1) is 9.33. The third-order valence-corrected chi connectivity index (χ3v) is 4.40. The molecule has 0 aliphatic heterocycles. The summed E-state index contributed by atoms with van der Waals surface area (Å²) in [7, 11) is 0. The summed E-state index contributed by atoms with van der Waals surface area (Å²) in [6.07, 6.45) is 11.5. The normalized spacial score (nSPS) is 21.7. The molecule has 0 spiro atoms. The SMILES string of the molecule is O=C(Nc1cc(C2C[CH]C2)n[nH]1)C1CCCCCC1. The largest absolute Gasteiger partial charge is 0.311 e.